The molecule has 0 aromatic rings. The fraction of sp³-hybridized carbons (Fsp3) is 0.333. The van der Waals surface area contributed by atoms with E-state index < -0.39 is 0 Å². The van der Waals surface area contributed by atoms with E-state index in [-0.39, 0.29) is 0 Å². The van der Waals surface area contributed by atoms with Gasteiger partial charge in [0.2, 0.25) is 0 Å². The number of rotatable bonds is 0. The Bertz CT molecular complexity index is 18.5. The molecule has 0 fully saturated rings. The van der Waals surface area contributed by atoms with E-state index in [1.54, 1.807) is 0 Å². The molecule has 0 unspecified atom stereocenters. The summed E-state index contributed by atoms with van der Waals surface area (Å²) < 4.78 is 2.09. The van der Waals surface area contributed by atoms with Crippen LogP contribution in [0.15, 0.2) is 10.2 Å². The summed E-state index contributed by atoms with van der Waals surface area (Å²) in [5.74, 6) is 0. The Morgan fingerprint density at radius 1 is 1.75 bits per heavy atom. The third-order valence-corrected chi connectivity index (χ3v) is 1.12. The quantitative estimate of drug-likeness (QED) is 0.457. The molecule has 0 N–H and O–H groups in total. The van der Waals surface area contributed by atoms with Gasteiger partial charge < -0.3 is 0 Å². The second-order valence-corrected chi connectivity index (χ2v) is 1.45. The second kappa shape index (κ2) is 3.54. The van der Waals surface area contributed by atoms with Crippen LogP contribution in [0.5, 0.6) is 0 Å². The molecule has 0 radical (unpaired) electrons. The van der Waals surface area contributed by atoms with Gasteiger partial charge in [0.25, 0.3) is 0 Å². The van der Waals surface area contributed by atoms with E-state index in [4.69, 9.17) is 0 Å². The third-order valence-electron chi connectivity index (χ3n) is 0.167. The van der Waals surface area contributed by atoms with Crippen LogP contribution in [-0.2, 0) is 0 Å². The predicted octanol–water partition coefficient (Wildman–Crippen LogP) is 0.689. The molecular formula is C3H5Sn+3. The summed E-state index contributed by atoms with van der Waals surface area (Å²) in [6, 6.07) is 0. The maximum absolute atomic E-state index is 2.09. The molecule has 0 saturated carbocycles. The Hall–Kier alpha value is 0.539. The summed E-state index contributed by atoms with van der Waals surface area (Å²) in [6.07, 6.45) is 2.04. The zero-order valence-electron chi connectivity index (χ0n) is 2.65. The van der Waals surface area contributed by atoms with Crippen LogP contribution in [0.3, 0.4) is 0 Å². The topological polar surface area (TPSA) is 0 Å². The van der Waals surface area contributed by atoms with Crippen molar-refractivity contribution in [1.82, 2.24) is 0 Å². The Kier molecular flexibility index (Phi) is 4.02. The first-order chi connectivity index (χ1) is 1.91. The first-order valence-electron chi connectivity index (χ1n) is 1.20. The molecule has 0 amide bonds. The van der Waals surface area contributed by atoms with Crippen LogP contribution in [0.4, 0.5) is 0 Å². The monoisotopic (exact) mass is 161 g/mol. The van der Waals surface area contributed by atoms with E-state index in [0.717, 1.165) is 0 Å². The van der Waals surface area contributed by atoms with Gasteiger partial charge in [-0.1, -0.05) is 0 Å². The standard InChI is InChI=1S/C3H5.Sn/c1-3-2;/h1,3H,2H3;/q;+3. The maximum atomic E-state index is 2.09. The van der Waals surface area contributed by atoms with Crippen molar-refractivity contribution in [2.75, 3.05) is 0 Å². The molecule has 0 heterocycles. The molecule has 0 nitrogen and oxygen atoms in total. The van der Waals surface area contributed by atoms with Gasteiger partial charge in [0.1, 0.15) is 0 Å². The number of hydrogen-bond acceptors (Lipinski definition) is 0. The van der Waals surface area contributed by atoms with Crippen LogP contribution in [0.2, 0.25) is 0 Å². The third kappa shape index (κ3) is 2.54. The van der Waals surface area contributed by atoms with Gasteiger partial charge in [0, 0.05) is 0 Å². The first kappa shape index (κ1) is 4.54. The molecule has 4 heavy (non-hydrogen) atoms. The molecule has 1 heteroatoms. The fourth-order valence-electron chi connectivity index (χ4n) is 0. The van der Waals surface area contributed by atoms with E-state index in [9.17, 15) is 0 Å². The van der Waals surface area contributed by atoms with Gasteiger partial charge in [-0.25, -0.2) is 0 Å². The van der Waals surface area contributed by atoms with Crippen LogP contribution in [0.1, 0.15) is 6.92 Å². The summed E-state index contributed by atoms with van der Waals surface area (Å²) in [7, 11) is 0. The van der Waals surface area contributed by atoms with E-state index >= 15 is 0 Å². The minimum atomic E-state index is 1.49. The zero-order valence-corrected chi connectivity index (χ0v) is 5.51. The SMILES string of the molecule is CC=[CH][Sn+3]. The predicted molar refractivity (Wildman–Crippen MR) is 20.6 cm³/mol. The normalized spacial score (nSPS) is 9.75. The summed E-state index contributed by atoms with van der Waals surface area (Å²) in [6.45, 7) is 2.02. The Labute approximate surface area is 40.0 Å². The van der Waals surface area contributed by atoms with E-state index in [1.165, 1.54) is 22.5 Å². The first-order valence-corrected chi connectivity index (χ1v) is 2.85. The van der Waals surface area contributed by atoms with Crippen LogP contribution in [0.25, 0.3) is 0 Å². The van der Waals surface area contributed by atoms with Crippen molar-refractivity contribution in [3.63, 3.8) is 0 Å². The van der Waals surface area contributed by atoms with Crippen molar-refractivity contribution in [2.24, 2.45) is 0 Å². The Balaban J connectivity index is 2.55. The number of allylic oxidation sites excluding steroid dienone is 1. The molecular weight excluding hydrogens is 155 g/mol. The average Bonchev–Trinajstić information content (AvgIpc) is 1.37. The molecule has 18 valence electrons. The van der Waals surface area contributed by atoms with Gasteiger partial charge in [-0.05, 0) is 0 Å². The van der Waals surface area contributed by atoms with Crippen molar-refractivity contribution in [2.45, 2.75) is 6.92 Å². The molecule has 0 aliphatic rings. The van der Waals surface area contributed by atoms with Crippen LogP contribution in [0, 0.1) is 0 Å². The summed E-state index contributed by atoms with van der Waals surface area (Å²) in [5.41, 5.74) is 0. The van der Waals surface area contributed by atoms with E-state index in [0.29, 0.717) is 0 Å². The summed E-state index contributed by atoms with van der Waals surface area (Å²) in [4.78, 5) is 0. The zero-order chi connectivity index (χ0) is 3.41. The van der Waals surface area contributed by atoms with Crippen LogP contribution >= 0.6 is 0 Å². The van der Waals surface area contributed by atoms with Gasteiger partial charge >= 0.3 is 39.6 Å². The molecule has 0 saturated heterocycles. The van der Waals surface area contributed by atoms with Crippen molar-refractivity contribution in [1.29, 1.82) is 0 Å². The van der Waals surface area contributed by atoms with Crippen LogP contribution < -0.4 is 0 Å². The molecule has 0 aliphatic heterocycles. The van der Waals surface area contributed by atoms with Gasteiger partial charge in [-0.2, -0.15) is 0 Å². The van der Waals surface area contributed by atoms with Gasteiger partial charge in [-0.15, -0.1) is 0 Å². The molecule has 0 rings (SSSR count). The van der Waals surface area contributed by atoms with Crippen molar-refractivity contribution >= 4 is 22.5 Å². The number of hydrogen-bond donors (Lipinski definition) is 0. The van der Waals surface area contributed by atoms with Crippen LogP contribution in [-0.4, -0.2) is 22.5 Å². The fourth-order valence-corrected chi connectivity index (χ4v) is 0. The van der Waals surface area contributed by atoms with Gasteiger partial charge in [-0.3, -0.25) is 0 Å². The average molecular weight is 160 g/mol. The molecule has 0 spiro atoms. The molecule has 0 bridgehead atoms. The minimum absolute atomic E-state index is 1.49. The van der Waals surface area contributed by atoms with E-state index in [2.05, 4.69) is 4.09 Å². The second-order valence-electron chi connectivity index (χ2n) is 0.500. The van der Waals surface area contributed by atoms with Crippen molar-refractivity contribution in [3.8, 4) is 0 Å². The molecule has 0 aromatic heterocycles. The van der Waals surface area contributed by atoms with Gasteiger partial charge in [0.05, 0.1) is 0 Å². The Morgan fingerprint density at radius 3 is 2.00 bits per heavy atom. The Morgan fingerprint density at radius 2 is 2.00 bits per heavy atom. The van der Waals surface area contributed by atoms with Gasteiger partial charge in [0.15, 0.2) is 0 Å². The van der Waals surface area contributed by atoms with E-state index in [1.807, 2.05) is 13.0 Å². The van der Waals surface area contributed by atoms with Crippen molar-refractivity contribution < 1.29 is 0 Å². The molecule has 0 atom stereocenters. The van der Waals surface area contributed by atoms with Crippen molar-refractivity contribution in [3.05, 3.63) is 10.2 Å². The summed E-state index contributed by atoms with van der Waals surface area (Å²) >= 11 is 1.49. The molecule has 0 aliphatic carbocycles. The molecule has 0 aromatic carbocycles. The summed E-state index contributed by atoms with van der Waals surface area (Å²) in [5, 5.41) is 0.